The summed E-state index contributed by atoms with van der Waals surface area (Å²) in [5, 5.41) is 0. The summed E-state index contributed by atoms with van der Waals surface area (Å²) in [4.78, 5) is 0. The van der Waals surface area contributed by atoms with Gasteiger partial charge in [0.05, 0.1) is 0 Å². The first-order chi connectivity index (χ1) is 2.39. The van der Waals surface area contributed by atoms with Gasteiger partial charge in [0, 0.05) is 0 Å². The summed E-state index contributed by atoms with van der Waals surface area (Å²) in [7, 11) is 0. The predicted molar refractivity (Wildman–Crippen MR) is 35.9 cm³/mol. The monoisotopic (exact) mass is 248 g/mol. The van der Waals surface area contributed by atoms with Crippen molar-refractivity contribution in [3.8, 4) is 0 Å². The Bertz CT molecular complexity index is 53.9. The molecule has 0 atom stereocenters. The van der Waals surface area contributed by atoms with Crippen LogP contribution in [0.5, 0.6) is 0 Å². The zero-order valence-electron chi connectivity index (χ0n) is 2.73. The van der Waals surface area contributed by atoms with Crippen LogP contribution >= 0.6 is 21.2 Å². The van der Waals surface area contributed by atoms with E-state index in [1.807, 2.05) is 0 Å². The van der Waals surface area contributed by atoms with E-state index in [9.17, 15) is 0 Å². The van der Waals surface area contributed by atoms with Crippen LogP contribution in [0.2, 0.25) is 0 Å². The van der Waals surface area contributed by atoms with E-state index in [1.54, 1.807) is 4.42 Å². The SMILES string of the molecule is [Se]=C1C[IH]C1. The Morgan fingerprint density at radius 3 is 2.00 bits per heavy atom. The summed E-state index contributed by atoms with van der Waals surface area (Å²) in [6.45, 7) is 0. The van der Waals surface area contributed by atoms with Gasteiger partial charge in [0.25, 0.3) is 0 Å². The molecule has 5 heavy (non-hydrogen) atoms. The molecule has 0 N–H and O–H groups in total. The third-order valence-electron chi connectivity index (χ3n) is 0.526. The predicted octanol–water partition coefficient (Wildman–Crippen LogP) is 0.0439. The minimum atomic E-state index is 0.549. The van der Waals surface area contributed by atoms with Crippen molar-refractivity contribution >= 4 is 41.2 Å². The summed E-state index contributed by atoms with van der Waals surface area (Å²) in [5.41, 5.74) is 0. The molecule has 1 rings (SSSR count). The Labute approximate surface area is 49.9 Å². The normalized spacial score (nSPS) is 23.6. The molecule has 0 saturated carbocycles. The molecule has 1 fully saturated rings. The molecule has 0 spiro atoms. The van der Waals surface area contributed by atoms with Crippen LogP contribution in [0, 0.1) is 0 Å². The van der Waals surface area contributed by atoms with Gasteiger partial charge in [0.2, 0.25) is 0 Å². The minimum absolute atomic E-state index is 0.549. The van der Waals surface area contributed by atoms with Gasteiger partial charge in [-0.1, -0.05) is 0 Å². The number of alkyl halides is 2. The van der Waals surface area contributed by atoms with Crippen molar-refractivity contribution in [3.05, 3.63) is 0 Å². The second-order valence-corrected chi connectivity index (χ2v) is 5.06. The van der Waals surface area contributed by atoms with E-state index < -0.39 is 0 Å². The van der Waals surface area contributed by atoms with Gasteiger partial charge in [-0.15, -0.1) is 0 Å². The van der Waals surface area contributed by atoms with Crippen molar-refractivity contribution in [2.75, 3.05) is 8.86 Å². The maximum absolute atomic E-state index is 3.03. The summed E-state index contributed by atoms with van der Waals surface area (Å²) < 4.78 is 4.57. The average molecular weight is 247 g/mol. The van der Waals surface area contributed by atoms with Crippen LogP contribution in [0.3, 0.4) is 0 Å². The van der Waals surface area contributed by atoms with Crippen molar-refractivity contribution < 1.29 is 0 Å². The van der Waals surface area contributed by atoms with Crippen LogP contribution in [0.4, 0.5) is 0 Å². The van der Waals surface area contributed by atoms with E-state index in [0.717, 1.165) is 0 Å². The molecule has 30 valence electrons. The zero-order valence-corrected chi connectivity index (χ0v) is 6.77. The van der Waals surface area contributed by atoms with Gasteiger partial charge in [0.1, 0.15) is 0 Å². The van der Waals surface area contributed by atoms with Gasteiger partial charge in [-0.2, -0.15) is 0 Å². The molecule has 0 nitrogen and oxygen atoms in total. The van der Waals surface area contributed by atoms with Gasteiger partial charge < -0.3 is 0 Å². The third kappa shape index (κ3) is 0.983. The van der Waals surface area contributed by atoms with Gasteiger partial charge in [-0.3, -0.25) is 0 Å². The first kappa shape index (κ1) is 4.28. The molecule has 0 bridgehead atoms. The van der Waals surface area contributed by atoms with Crippen LogP contribution in [0.1, 0.15) is 0 Å². The molecule has 0 aromatic rings. The quantitative estimate of drug-likeness (QED) is 0.322. The van der Waals surface area contributed by atoms with Crippen LogP contribution in [-0.4, -0.2) is 28.8 Å². The van der Waals surface area contributed by atoms with E-state index in [0.29, 0.717) is 21.2 Å². The van der Waals surface area contributed by atoms with Crippen LogP contribution in [0.15, 0.2) is 0 Å². The van der Waals surface area contributed by atoms with Gasteiger partial charge in [-0.05, 0) is 0 Å². The van der Waals surface area contributed by atoms with Gasteiger partial charge in [-0.25, -0.2) is 0 Å². The molecule has 0 aromatic heterocycles. The fourth-order valence-electron chi connectivity index (χ4n) is 0.185. The van der Waals surface area contributed by atoms with Gasteiger partial charge in [0.15, 0.2) is 0 Å². The molecular formula is C3H5ISe. The van der Waals surface area contributed by atoms with E-state index in [4.69, 9.17) is 0 Å². The van der Waals surface area contributed by atoms with Crippen molar-refractivity contribution in [3.63, 3.8) is 0 Å². The molecular weight excluding hydrogens is 242 g/mol. The number of rotatable bonds is 0. The molecule has 1 saturated heterocycles. The third-order valence-corrected chi connectivity index (χ3v) is 6.85. The fourth-order valence-corrected chi connectivity index (χ4v) is 3.59. The number of hydrogen-bond donors (Lipinski definition) is 0. The van der Waals surface area contributed by atoms with Crippen LogP contribution in [-0.2, 0) is 0 Å². The van der Waals surface area contributed by atoms with Crippen molar-refractivity contribution in [2.24, 2.45) is 0 Å². The van der Waals surface area contributed by atoms with Crippen LogP contribution < -0.4 is 0 Å². The number of halogens is 1. The van der Waals surface area contributed by atoms with Crippen molar-refractivity contribution in [2.45, 2.75) is 0 Å². The van der Waals surface area contributed by atoms with Crippen molar-refractivity contribution in [1.82, 2.24) is 0 Å². The maximum atomic E-state index is 3.03. The molecule has 0 aromatic carbocycles. The Hall–Kier alpha value is 1.12. The summed E-state index contributed by atoms with van der Waals surface area (Å²) >= 11 is 3.57. The van der Waals surface area contributed by atoms with E-state index >= 15 is 0 Å². The second kappa shape index (κ2) is 1.71. The summed E-state index contributed by atoms with van der Waals surface area (Å²) in [6, 6.07) is 0. The molecule has 1 heterocycles. The Morgan fingerprint density at radius 1 is 1.60 bits per heavy atom. The molecule has 0 unspecified atom stereocenters. The Balaban J connectivity index is 2.32. The van der Waals surface area contributed by atoms with E-state index in [1.165, 1.54) is 8.86 Å². The topological polar surface area (TPSA) is 0 Å². The Morgan fingerprint density at radius 2 is 2.00 bits per heavy atom. The molecule has 0 aliphatic carbocycles. The second-order valence-electron chi connectivity index (χ2n) is 1.03. The number of hydrogen-bond acceptors (Lipinski definition) is 0. The fraction of sp³-hybridized carbons (Fsp3) is 0.667. The Kier molecular flexibility index (Phi) is 1.47. The summed E-state index contributed by atoms with van der Waals surface area (Å²) in [5.74, 6) is 0. The molecule has 0 radical (unpaired) electrons. The van der Waals surface area contributed by atoms with Crippen molar-refractivity contribution in [1.29, 1.82) is 0 Å². The molecule has 1 aliphatic heterocycles. The first-order valence-corrected chi connectivity index (χ1v) is 5.64. The molecule has 0 amide bonds. The van der Waals surface area contributed by atoms with Crippen LogP contribution in [0.25, 0.3) is 0 Å². The van der Waals surface area contributed by atoms with E-state index in [2.05, 4.69) is 15.6 Å². The van der Waals surface area contributed by atoms with Gasteiger partial charge >= 0.3 is 50.1 Å². The van der Waals surface area contributed by atoms with E-state index in [-0.39, 0.29) is 0 Å². The molecule has 2 heteroatoms. The standard InChI is InChI=1S/C3H5ISe/c5-3-1-4-2-3/h4H,1-2H2. The average Bonchev–Trinajstić information content (AvgIpc) is 1.30. The molecule has 1 aliphatic rings. The summed E-state index contributed by atoms with van der Waals surface area (Å²) in [6.07, 6.45) is 0. The first-order valence-electron chi connectivity index (χ1n) is 1.49. The zero-order chi connectivity index (χ0) is 3.70.